The first kappa shape index (κ1) is 23.6. The lowest BCUT2D eigenvalue weighted by molar-refractivity contribution is -0.137. The van der Waals surface area contributed by atoms with Crippen LogP contribution in [-0.4, -0.2) is 38.6 Å². The summed E-state index contributed by atoms with van der Waals surface area (Å²) in [7, 11) is 0. The summed E-state index contributed by atoms with van der Waals surface area (Å²) in [6, 6.07) is 9.88. The van der Waals surface area contributed by atoms with Crippen molar-refractivity contribution in [2.75, 3.05) is 11.9 Å². The lowest BCUT2D eigenvalue weighted by Gasteiger charge is -2.20. The first-order chi connectivity index (χ1) is 16.1. The van der Waals surface area contributed by atoms with Gasteiger partial charge in [-0.15, -0.1) is 0 Å². The molecule has 0 aliphatic carbocycles. The normalized spacial score (nSPS) is 20.0. The Morgan fingerprint density at radius 2 is 1.91 bits per heavy atom. The molecule has 1 aliphatic heterocycles. The lowest BCUT2D eigenvalue weighted by Crippen LogP contribution is -2.25. The summed E-state index contributed by atoms with van der Waals surface area (Å²) in [6.07, 6.45) is -2.01. The van der Waals surface area contributed by atoms with E-state index in [4.69, 9.17) is 0 Å². The first-order valence-corrected chi connectivity index (χ1v) is 10.8. The molecule has 4 rings (SSSR count). The van der Waals surface area contributed by atoms with E-state index in [0.717, 1.165) is 12.1 Å². The number of carbonyl (C=O) groups is 1. The summed E-state index contributed by atoms with van der Waals surface area (Å²) < 4.78 is 39.0. The third kappa shape index (κ3) is 5.01. The smallest absolute Gasteiger partial charge is 0.393 e. The molecule has 34 heavy (non-hydrogen) atoms. The number of rotatable bonds is 6. The molecule has 0 spiro atoms. The average Bonchev–Trinajstić information content (AvgIpc) is 3.20. The highest BCUT2D eigenvalue weighted by Crippen LogP contribution is 2.33. The summed E-state index contributed by atoms with van der Waals surface area (Å²) in [5.41, 5.74) is 1.43. The molecule has 178 valence electrons. The largest absolute Gasteiger partial charge is 0.416 e. The summed E-state index contributed by atoms with van der Waals surface area (Å²) in [5, 5.41) is 15.9. The van der Waals surface area contributed by atoms with E-state index in [-0.39, 0.29) is 17.9 Å². The van der Waals surface area contributed by atoms with Crippen LogP contribution in [0, 0.1) is 5.92 Å². The van der Waals surface area contributed by atoms with Crippen LogP contribution in [0.4, 0.5) is 19.1 Å². The third-order valence-corrected chi connectivity index (χ3v) is 5.94. The maximum absolute atomic E-state index is 13.0. The number of alkyl halides is 3. The van der Waals surface area contributed by atoms with Crippen molar-refractivity contribution in [3.63, 3.8) is 0 Å². The van der Waals surface area contributed by atoms with Gasteiger partial charge in [-0.1, -0.05) is 18.2 Å². The number of pyridine rings is 1. The number of hydrogen-bond donors (Lipinski definition) is 3. The van der Waals surface area contributed by atoms with Crippen molar-refractivity contribution in [1.82, 2.24) is 20.3 Å². The highest BCUT2D eigenvalue weighted by Gasteiger charge is 2.39. The molecule has 7 nitrogen and oxygen atoms in total. The molecule has 0 saturated carbocycles. The molecule has 0 radical (unpaired) electrons. The number of carbonyl (C=O) groups excluding carboxylic acids is 1. The predicted molar refractivity (Wildman–Crippen MR) is 120 cm³/mol. The number of amides is 1. The first-order valence-electron chi connectivity index (χ1n) is 10.8. The molecule has 2 aromatic heterocycles. The Kier molecular flexibility index (Phi) is 6.52. The van der Waals surface area contributed by atoms with Crippen LogP contribution >= 0.6 is 0 Å². The topological polar surface area (TPSA) is 100 Å². The standard InChI is InChI=1S/C24H24F3N5O2/c1-13(19-7-6-16(11-29-19)15-4-3-5-17(10-15)24(25,26)27)31-23-28-9-8-20(32-23)21-18(14(2)33)12-30-22(21)34/h3-11,13-14,18,21,33H,12H2,1-2H3,(H,30,34)(H,28,31,32)/t13-,14+,18?,21+/m0/s1. The number of nitrogens with one attached hydrogen (secondary N) is 2. The SMILES string of the molecule is C[C@H](Nc1nccc([C@@H]2C(=O)NCC2[C@@H](C)O)n1)c1ccc(-c2cccc(C(F)(F)F)c2)cn1. The number of hydrogen-bond acceptors (Lipinski definition) is 6. The molecule has 3 aromatic rings. The Hall–Kier alpha value is -3.53. The second kappa shape index (κ2) is 9.38. The van der Waals surface area contributed by atoms with Gasteiger partial charge in [-0.05, 0) is 43.7 Å². The Balaban J connectivity index is 1.49. The fourth-order valence-electron chi connectivity index (χ4n) is 4.03. The second-order valence-corrected chi connectivity index (χ2v) is 8.35. The lowest BCUT2D eigenvalue weighted by atomic mass is 9.88. The number of aliphatic hydroxyl groups is 1. The van der Waals surface area contributed by atoms with E-state index in [2.05, 4.69) is 25.6 Å². The molecule has 4 atom stereocenters. The summed E-state index contributed by atoms with van der Waals surface area (Å²) in [4.78, 5) is 25.4. The number of anilines is 1. The Morgan fingerprint density at radius 1 is 1.12 bits per heavy atom. The van der Waals surface area contributed by atoms with Crippen LogP contribution in [-0.2, 0) is 11.0 Å². The van der Waals surface area contributed by atoms with Crippen LogP contribution in [0.5, 0.6) is 0 Å². The van der Waals surface area contributed by atoms with E-state index in [1.165, 1.54) is 12.3 Å². The molecule has 0 bridgehead atoms. The van der Waals surface area contributed by atoms with Crippen molar-refractivity contribution in [2.24, 2.45) is 5.92 Å². The monoisotopic (exact) mass is 471 g/mol. The minimum Gasteiger partial charge on any atom is -0.393 e. The zero-order valence-electron chi connectivity index (χ0n) is 18.5. The van der Waals surface area contributed by atoms with Gasteiger partial charge in [0.1, 0.15) is 0 Å². The number of benzene rings is 1. The minimum absolute atomic E-state index is 0.185. The molecule has 1 amide bonds. The molecule has 3 N–H and O–H groups in total. The van der Waals surface area contributed by atoms with E-state index >= 15 is 0 Å². The van der Waals surface area contributed by atoms with Gasteiger partial charge in [0, 0.05) is 30.4 Å². The highest BCUT2D eigenvalue weighted by molar-refractivity contribution is 5.85. The third-order valence-electron chi connectivity index (χ3n) is 5.94. The van der Waals surface area contributed by atoms with Crippen molar-refractivity contribution >= 4 is 11.9 Å². The number of halogens is 3. The van der Waals surface area contributed by atoms with Gasteiger partial charge >= 0.3 is 6.18 Å². The van der Waals surface area contributed by atoms with Crippen LogP contribution < -0.4 is 10.6 Å². The second-order valence-electron chi connectivity index (χ2n) is 8.35. The van der Waals surface area contributed by atoms with Crippen LogP contribution in [0.1, 0.15) is 42.8 Å². The molecule has 10 heteroatoms. The van der Waals surface area contributed by atoms with E-state index in [1.54, 1.807) is 37.4 Å². The van der Waals surface area contributed by atoms with Gasteiger partial charge in [0.25, 0.3) is 0 Å². The minimum atomic E-state index is -4.41. The zero-order chi connectivity index (χ0) is 24.5. The maximum atomic E-state index is 13.0. The molecule has 1 unspecified atom stereocenters. The number of aliphatic hydroxyl groups excluding tert-OH is 1. The van der Waals surface area contributed by atoms with Crippen LogP contribution in [0.3, 0.4) is 0 Å². The number of aromatic nitrogens is 3. The van der Waals surface area contributed by atoms with Gasteiger partial charge < -0.3 is 15.7 Å². The maximum Gasteiger partial charge on any atom is 0.416 e. The molecule has 1 aliphatic rings. The van der Waals surface area contributed by atoms with E-state index in [1.807, 2.05) is 6.92 Å². The van der Waals surface area contributed by atoms with Crippen LogP contribution in [0.25, 0.3) is 11.1 Å². The van der Waals surface area contributed by atoms with Crippen molar-refractivity contribution in [3.05, 3.63) is 71.8 Å². The van der Waals surface area contributed by atoms with Gasteiger partial charge in [-0.2, -0.15) is 13.2 Å². The highest BCUT2D eigenvalue weighted by atomic mass is 19.4. The molecular weight excluding hydrogens is 447 g/mol. The Bertz CT molecular complexity index is 1170. The molecule has 1 aromatic carbocycles. The zero-order valence-corrected chi connectivity index (χ0v) is 18.5. The van der Waals surface area contributed by atoms with E-state index in [9.17, 15) is 23.1 Å². The summed E-state index contributed by atoms with van der Waals surface area (Å²) in [5.74, 6) is -0.727. The number of nitrogens with zero attached hydrogens (tertiary/aromatic N) is 3. The predicted octanol–water partition coefficient (Wildman–Crippen LogP) is 3.94. The van der Waals surface area contributed by atoms with Gasteiger partial charge in [0.15, 0.2) is 0 Å². The van der Waals surface area contributed by atoms with E-state index in [0.29, 0.717) is 35.0 Å². The Labute approximate surface area is 194 Å². The van der Waals surface area contributed by atoms with Crippen LogP contribution in [0.2, 0.25) is 0 Å². The van der Waals surface area contributed by atoms with Crippen molar-refractivity contribution in [1.29, 1.82) is 0 Å². The quantitative estimate of drug-likeness (QED) is 0.504. The van der Waals surface area contributed by atoms with Crippen molar-refractivity contribution < 1.29 is 23.1 Å². The average molecular weight is 471 g/mol. The fraction of sp³-hybridized carbons (Fsp3) is 0.333. The summed E-state index contributed by atoms with van der Waals surface area (Å²) in [6.45, 7) is 3.88. The van der Waals surface area contributed by atoms with Gasteiger partial charge in [-0.3, -0.25) is 9.78 Å². The van der Waals surface area contributed by atoms with Crippen molar-refractivity contribution in [2.45, 2.75) is 38.1 Å². The van der Waals surface area contributed by atoms with E-state index < -0.39 is 23.8 Å². The van der Waals surface area contributed by atoms with Crippen molar-refractivity contribution in [3.8, 4) is 11.1 Å². The van der Waals surface area contributed by atoms with Gasteiger partial charge in [0.2, 0.25) is 11.9 Å². The fourth-order valence-corrected chi connectivity index (χ4v) is 4.03. The molecule has 1 fully saturated rings. The van der Waals surface area contributed by atoms with Gasteiger partial charge in [0.05, 0.1) is 35.0 Å². The van der Waals surface area contributed by atoms with Gasteiger partial charge in [-0.25, -0.2) is 9.97 Å². The molecular formula is C24H24F3N5O2. The summed E-state index contributed by atoms with van der Waals surface area (Å²) >= 11 is 0. The molecule has 1 saturated heterocycles. The molecule has 3 heterocycles. The Morgan fingerprint density at radius 3 is 2.59 bits per heavy atom. The van der Waals surface area contributed by atoms with Crippen LogP contribution in [0.15, 0.2) is 54.9 Å².